The molecule has 2 aliphatic rings. The number of hydrazone groups is 1. The highest BCUT2D eigenvalue weighted by Gasteiger charge is 2.36. The first-order chi connectivity index (χ1) is 19.3. The van der Waals surface area contributed by atoms with Crippen LogP contribution in [-0.2, 0) is 11.3 Å². The number of thioether (sulfide) groups is 1. The largest absolute Gasteiger partial charge is 0.491 e. The Balaban J connectivity index is 1.32. The molecule has 40 heavy (non-hydrogen) atoms. The lowest BCUT2D eigenvalue weighted by Gasteiger charge is -2.20. The quantitative estimate of drug-likeness (QED) is 0.255. The molecule has 0 fully saturated rings. The minimum absolute atomic E-state index is 0.0148. The fourth-order valence-electron chi connectivity index (χ4n) is 4.92. The van der Waals surface area contributed by atoms with Crippen molar-refractivity contribution in [1.82, 2.24) is 9.58 Å². The Labute approximate surface area is 241 Å². The van der Waals surface area contributed by atoms with Crippen molar-refractivity contribution in [3.8, 4) is 5.75 Å². The molecular formula is C31H26ClN5O2S. The number of benzene rings is 3. The molecule has 0 spiro atoms. The molecule has 0 bridgehead atoms. The lowest BCUT2D eigenvalue weighted by atomic mass is 10.1. The van der Waals surface area contributed by atoms with Crippen LogP contribution in [0.15, 0.2) is 82.4 Å². The summed E-state index contributed by atoms with van der Waals surface area (Å²) in [6.07, 6.45) is 1.76. The number of carbonyl (C=O) groups is 1. The van der Waals surface area contributed by atoms with E-state index in [0.29, 0.717) is 28.4 Å². The highest BCUT2D eigenvalue weighted by atomic mass is 35.5. The van der Waals surface area contributed by atoms with Crippen LogP contribution in [-0.4, -0.2) is 38.1 Å². The van der Waals surface area contributed by atoms with Gasteiger partial charge in [0.2, 0.25) is 5.17 Å². The molecule has 3 aromatic carbocycles. The first-order valence-corrected chi connectivity index (χ1v) is 14.0. The number of para-hydroxylation sites is 1. The number of carbonyl (C=O) groups excluding carboxylic acids is 1. The molecule has 0 radical (unpaired) electrons. The SMILES string of the molecule is Cc1ccc(C)c(OCCn2c(C)c(/C=C3/C(=N)N4N=C(c5ccccc5Cl)SC4=NC3=O)c3ccccc32)c1. The van der Waals surface area contributed by atoms with Gasteiger partial charge in [-0.1, -0.05) is 60.1 Å². The second-order valence-electron chi connectivity index (χ2n) is 9.69. The van der Waals surface area contributed by atoms with Gasteiger partial charge < -0.3 is 9.30 Å². The third-order valence-corrected chi connectivity index (χ3v) is 8.31. The van der Waals surface area contributed by atoms with Crippen molar-refractivity contribution in [3.05, 3.63) is 105 Å². The van der Waals surface area contributed by atoms with Crippen molar-refractivity contribution < 1.29 is 9.53 Å². The van der Waals surface area contributed by atoms with Gasteiger partial charge in [0.15, 0.2) is 5.84 Å². The van der Waals surface area contributed by atoms with Gasteiger partial charge in [-0.15, -0.1) is 0 Å². The Morgan fingerprint density at radius 3 is 2.65 bits per heavy atom. The lowest BCUT2D eigenvalue weighted by Crippen LogP contribution is -2.35. The lowest BCUT2D eigenvalue weighted by molar-refractivity contribution is -0.114. The monoisotopic (exact) mass is 567 g/mol. The summed E-state index contributed by atoms with van der Waals surface area (Å²) < 4.78 is 8.34. The van der Waals surface area contributed by atoms with E-state index in [2.05, 4.69) is 45.9 Å². The fraction of sp³-hybridized carbons (Fsp3) is 0.161. The van der Waals surface area contributed by atoms with E-state index in [1.807, 2.05) is 50.2 Å². The average Bonchev–Trinajstić information content (AvgIpc) is 3.48. The highest BCUT2D eigenvalue weighted by molar-refractivity contribution is 8.27. The molecule has 0 atom stereocenters. The van der Waals surface area contributed by atoms with Gasteiger partial charge in [0, 0.05) is 27.7 Å². The Hall–Kier alpha value is -4.14. The molecule has 3 heterocycles. The van der Waals surface area contributed by atoms with E-state index in [-0.39, 0.29) is 11.4 Å². The fourth-order valence-corrected chi connectivity index (χ4v) is 6.13. The molecule has 1 aromatic heterocycles. The summed E-state index contributed by atoms with van der Waals surface area (Å²) in [6.45, 7) is 7.24. The van der Waals surface area contributed by atoms with E-state index in [1.54, 1.807) is 12.1 Å². The highest BCUT2D eigenvalue weighted by Crippen LogP contribution is 2.34. The molecule has 9 heteroatoms. The van der Waals surface area contributed by atoms with E-state index in [0.717, 1.165) is 44.6 Å². The van der Waals surface area contributed by atoms with Crippen molar-refractivity contribution in [2.75, 3.05) is 6.61 Å². The second kappa shape index (κ2) is 10.4. The van der Waals surface area contributed by atoms with Crippen molar-refractivity contribution in [2.45, 2.75) is 27.3 Å². The van der Waals surface area contributed by atoms with E-state index in [4.69, 9.17) is 21.7 Å². The Kier molecular flexibility index (Phi) is 6.82. The van der Waals surface area contributed by atoms with Crippen LogP contribution in [0.5, 0.6) is 5.75 Å². The number of amidine groups is 2. The zero-order chi connectivity index (χ0) is 28.0. The van der Waals surface area contributed by atoms with Gasteiger partial charge in [-0.3, -0.25) is 10.2 Å². The molecule has 1 N–H and O–H groups in total. The normalized spacial score (nSPS) is 16.0. The number of aliphatic imine (C=N–C) groups is 1. The zero-order valence-corrected chi connectivity index (χ0v) is 23.8. The van der Waals surface area contributed by atoms with Crippen LogP contribution in [0.2, 0.25) is 5.02 Å². The minimum atomic E-state index is -0.464. The van der Waals surface area contributed by atoms with Gasteiger partial charge in [0.1, 0.15) is 17.4 Å². The topological polar surface area (TPSA) is 83.0 Å². The molecule has 0 unspecified atom stereocenters. The molecular weight excluding hydrogens is 542 g/mol. The predicted molar refractivity (Wildman–Crippen MR) is 164 cm³/mol. The van der Waals surface area contributed by atoms with Crippen molar-refractivity contribution in [3.63, 3.8) is 0 Å². The third-order valence-electron chi connectivity index (χ3n) is 7.04. The molecule has 6 rings (SSSR count). The summed E-state index contributed by atoms with van der Waals surface area (Å²) in [4.78, 5) is 17.4. The first-order valence-electron chi connectivity index (χ1n) is 12.8. The van der Waals surface area contributed by atoms with Gasteiger partial charge in [0.05, 0.1) is 17.1 Å². The number of aromatic nitrogens is 1. The number of ether oxygens (including phenoxy) is 1. The van der Waals surface area contributed by atoms with Gasteiger partial charge in [-0.2, -0.15) is 15.1 Å². The molecule has 0 aliphatic carbocycles. The van der Waals surface area contributed by atoms with Crippen LogP contribution in [0.1, 0.15) is 27.9 Å². The van der Waals surface area contributed by atoms with E-state index < -0.39 is 5.91 Å². The molecule has 200 valence electrons. The van der Waals surface area contributed by atoms with E-state index >= 15 is 0 Å². The van der Waals surface area contributed by atoms with Crippen LogP contribution in [0.3, 0.4) is 0 Å². The number of rotatable bonds is 6. The van der Waals surface area contributed by atoms with Crippen LogP contribution in [0, 0.1) is 26.2 Å². The first kappa shape index (κ1) is 26.1. The molecule has 4 aromatic rings. The number of nitrogens with zero attached hydrogens (tertiary/aromatic N) is 4. The molecule has 7 nitrogen and oxygen atoms in total. The summed E-state index contributed by atoms with van der Waals surface area (Å²) >= 11 is 7.60. The maximum atomic E-state index is 13.2. The Morgan fingerprint density at radius 2 is 1.82 bits per heavy atom. The van der Waals surface area contributed by atoms with Crippen LogP contribution >= 0.6 is 23.4 Å². The minimum Gasteiger partial charge on any atom is -0.491 e. The van der Waals surface area contributed by atoms with Gasteiger partial charge >= 0.3 is 0 Å². The number of hydrogen-bond donors (Lipinski definition) is 1. The van der Waals surface area contributed by atoms with Crippen LogP contribution in [0.4, 0.5) is 0 Å². The van der Waals surface area contributed by atoms with Crippen LogP contribution in [0.25, 0.3) is 17.0 Å². The third kappa shape index (κ3) is 4.63. The van der Waals surface area contributed by atoms with Crippen LogP contribution < -0.4 is 4.74 Å². The van der Waals surface area contributed by atoms with Gasteiger partial charge in [0.25, 0.3) is 5.91 Å². The zero-order valence-electron chi connectivity index (χ0n) is 22.2. The van der Waals surface area contributed by atoms with Crippen molar-refractivity contribution in [1.29, 1.82) is 5.41 Å². The number of hydrogen-bond acceptors (Lipinski definition) is 5. The summed E-state index contributed by atoms with van der Waals surface area (Å²) in [5.41, 5.74) is 6.05. The van der Waals surface area contributed by atoms with E-state index in [9.17, 15) is 4.79 Å². The standard InChI is InChI=1S/C31H26ClN5O2S/c1-18-12-13-19(2)27(16-18)39-15-14-36-20(3)23(21-8-5-7-11-26(21)36)17-24-28(33)37-31(34-29(24)38)40-30(35-37)22-9-4-6-10-25(22)32/h4-13,16-17,33H,14-15H2,1-3H3/b24-17-,33-28?. The van der Waals surface area contributed by atoms with E-state index in [1.165, 1.54) is 16.8 Å². The summed E-state index contributed by atoms with van der Waals surface area (Å²) in [6, 6.07) is 21.6. The Bertz CT molecular complexity index is 1800. The Morgan fingerprint density at radius 1 is 1.05 bits per heavy atom. The van der Waals surface area contributed by atoms with Crippen molar-refractivity contribution >= 4 is 62.3 Å². The van der Waals surface area contributed by atoms with Gasteiger partial charge in [-0.25, -0.2) is 0 Å². The number of amides is 1. The molecule has 1 amide bonds. The number of aryl methyl sites for hydroxylation is 2. The molecule has 0 saturated carbocycles. The number of halogens is 1. The summed E-state index contributed by atoms with van der Waals surface area (Å²) in [5, 5.41) is 17.3. The average molecular weight is 568 g/mol. The summed E-state index contributed by atoms with van der Waals surface area (Å²) in [7, 11) is 0. The second-order valence-corrected chi connectivity index (χ2v) is 11.1. The molecule has 2 aliphatic heterocycles. The van der Waals surface area contributed by atoms with Crippen molar-refractivity contribution in [2.24, 2.45) is 10.1 Å². The van der Waals surface area contributed by atoms with Gasteiger partial charge in [-0.05, 0) is 67.9 Å². The smallest absolute Gasteiger partial charge is 0.283 e. The number of fused-ring (bicyclic) bond motifs is 2. The predicted octanol–water partition coefficient (Wildman–Crippen LogP) is 6.97. The summed E-state index contributed by atoms with van der Waals surface area (Å²) in [5.74, 6) is 0.402. The maximum absolute atomic E-state index is 13.2. The maximum Gasteiger partial charge on any atom is 0.283 e. The number of nitrogens with one attached hydrogen (secondary N) is 1. The molecule has 0 saturated heterocycles.